The summed E-state index contributed by atoms with van der Waals surface area (Å²) in [6, 6.07) is 9.91. The summed E-state index contributed by atoms with van der Waals surface area (Å²) in [4.78, 5) is 12.8. The van der Waals surface area contributed by atoms with E-state index in [9.17, 15) is 13.2 Å². The van der Waals surface area contributed by atoms with Crippen molar-refractivity contribution in [3.05, 3.63) is 58.1 Å². The number of hydrogen-bond acceptors (Lipinski definition) is 4. The van der Waals surface area contributed by atoms with Crippen LogP contribution in [-0.4, -0.2) is 39.8 Å². The van der Waals surface area contributed by atoms with Gasteiger partial charge in [-0.05, 0) is 68.1 Å². The lowest BCUT2D eigenvalue weighted by atomic mass is 10.1. The molecule has 2 aromatic carbocycles. The molecule has 0 radical (unpaired) electrons. The predicted molar refractivity (Wildman–Crippen MR) is 122 cm³/mol. The molecule has 0 aliphatic rings. The van der Waals surface area contributed by atoms with Gasteiger partial charge < -0.3 is 10.1 Å². The molecule has 0 saturated carbocycles. The first kappa shape index (κ1) is 24.0. The van der Waals surface area contributed by atoms with E-state index >= 15 is 0 Å². The monoisotopic (exact) mass is 452 g/mol. The van der Waals surface area contributed by atoms with E-state index in [1.165, 1.54) is 4.31 Å². The lowest BCUT2D eigenvalue weighted by molar-refractivity contribution is -0.122. The second-order valence-electron chi connectivity index (χ2n) is 7.30. The number of nitrogens with zero attached hydrogens (tertiary/aromatic N) is 1. The highest BCUT2D eigenvalue weighted by atomic mass is 35.5. The summed E-state index contributed by atoms with van der Waals surface area (Å²) in [6.07, 6.45) is 1.45. The summed E-state index contributed by atoms with van der Waals surface area (Å²) in [7, 11) is -3.66. The number of halogens is 1. The molecule has 1 atom stereocenters. The first-order valence-corrected chi connectivity index (χ1v) is 12.0. The first-order valence-electron chi connectivity index (χ1n) is 9.78. The van der Waals surface area contributed by atoms with E-state index < -0.39 is 16.1 Å². The van der Waals surface area contributed by atoms with Crippen LogP contribution in [0, 0.1) is 20.8 Å². The number of carbonyl (C=O) groups is 1. The maximum atomic E-state index is 12.8. The van der Waals surface area contributed by atoms with Crippen molar-refractivity contribution in [2.45, 2.75) is 40.2 Å². The highest BCUT2D eigenvalue weighted by Crippen LogP contribution is 2.25. The van der Waals surface area contributed by atoms with Crippen LogP contribution < -0.4 is 14.4 Å². The van der Waals surface area contributed by atoms with Crippen LogP contribution in [-0.2, 0) is 14.8 Å². The summed E-state index contributed by atoms with van der Waals surface area (Å²) in [5.74, 6) is 0.242. The molecular formula is C22H29ClN2O4S. The molecule has 30 heavy (non-hydrogen) atoms. The fraction of sp³-hybridized carbons (Fsp3) is 0.409. The minimum Gasteiger partial charge on any atom is -0.492 e. The number of benzene rings is 2. The molecule has 0 aliphatic carbocycles. The molecule has 6 nitrogen and oxygen atoms in total. The molecule has 0 spiro atoms. The Morgan fingerprint density at radius 2 is 1.77 bits per heavy atom. The maximum Gasteiger partial charge on any atom is 0.244 e. The van der Waals surface area contributed by atoms with E-state index in [2.05, 4.69) is 5.32 Å². The Hall–Kier alpha value is -2.25. The minimum absolute atomic E-state index is 0.240. The van der Waals surface area contributed by atoms with Gasteiger partial charge in [0.25, 0.3) is 0 Å². The number of hydrogen-bond donors (Lipinski definition) is 1. The Kier molecular flexibility index (Phi) is 8.15. The molecule has 8 heteroatoms. The molecule has 0 aromatic heterocycles. The summed E-state index contributed by atoms with van der Waals surface area (Å²) in [5, 5.41) is 3.39. The third-order valence-electron chi connectivity index (χ3n) is 4.89. The topological polar surface area (TPSA) is 75.7 Å². The van der Waals surface area contributed by atoms with Crippen molar-refractivity contribution < 1.29 is 17.9 Å². The second kappa shape index (κ2) is 10.2. The number of aryl methyl sites for hydroxylation is 3. The second-order valence-corrected chi connectivity index (χ2v) is 9.57. The Labute approximate surface area is 184 Å². The first-order chi connectivity index (χ1) is 14.0. The molecule has 2 aromatic rings. The zero-order chi connectivity index (χ0) is 22.5. The van der Waals surface area contributed by atoms with Gasteiger partial charge in [0.2, 0.25) is 15.9 Å². The summed E-state index contributed by atoms with van der Waals surface area (Å²) < 4.78 is 31.8. The number of sulfonamides is 1. The molecule has 164 valence electrons. The summed E-state index contributed by atoms with van der Waals surface area (Å²) in [6.45, 7) is 8.04. The van der Waals surface area contributed by atoms with Gasteiger partial charge in [-0.3, -0.25) is 9.10 Å². The number of ether oxygens (including phenoxy) is 1. The van der Waals surface area contributed by atoms with Crippen molar-refractivity contribution in [1.29, 1.82) is 0 Å². The smallest absolute Gasteiger partial charge is 0.244 e. The van der Waals surface area contributed by atoms with E-state index in [0.717, 1.165) is 22.9 Å². The Morgan fingerprint density at radius 3 is 2.33 bits per heavy atom. The van der Waals surface area contributed by atoms with Crippen LogP contribution in [0.2, 0.25) is 5.02 Å². The fourth-order valence-electron chi connectivity index (χ4n) is 3.05. The highest BCUT2D eigenvalue weighted by Gasteiger charge is 2.31. The third kappa shape index (κ3) is 6.12. The average molecular weight is 453 g/mol. The van der Waals surface area contributed by atoms with Crippen molar-refractivity contribution in [3.63, 3.8) is 0 Å². The summed E-state index contributed by atoms with van der Waals surface area (Å²) in [5.41, 5.74) is 3.45. The van der Waals surface area contributed by atoms with Gasteiger partial charge in [-0.25, -0.2) is 8.42 Å². The molecule has 1 N–H and O–H groups in total. The molecule has 0 unspecified atom stereocenters. The molecule has 0 fully saturated rings. The van der Waals surface area contributed by atoms with Gasteiger partial charge in [-0.1, -0.05) is 30.7 Å². The van der Waals surface area contributed by atoms with Gasteiger partial charge in [0.1, 0.15) is 18.4 Å². The zero-order valence-corrected chi connectivity index (χ0v) is 19.6. The largest absolute Gasteiger partial charge is 0.492 e. The van der Waals surface area contributed by atoms with Crippen LogP contribution >= 0.6 is 11.6 Å². The van der Waals surface area contributed by atoms with E-state index in [1.54, 1.807) is 25.1 Å². The molecule has 0 heterocycles. The summed E-state index contributed by atoms with van der Waals surface area (Å²) >= 11 is 6.08. The average Bonchev–Trinajstić information content (AvgIpc) is 2.67. The standard InChI is InChI=1S/C22H29ClN2O4S/c1-6-21(25(30(5,27)28)18-9-7-15(2)17(4)13-18)22(26)24-11-12-29-19-10-8-16(3)20(23)14-19/h7-10,13-14,21H,6,11-12H2,1-5H3,(H,24,26)/t21-/m1/s1. The quantitative estimate of drug-likeness (QED) is 0.583. The van der Waals surface area contributed by atoms with E-state index in [1.807, 2.05) is 39.0 Å². The molecule has 0 saturated heterocycles. The number of amides is 1. The molecular weight excluding hydrogens is 424 g/mol. The van der Waals surface area contributed by atoms with Crippen LogP contribution in [0.15, 0.2) is 36.4 Å². The zero-order valence-electron chi connectivity index (χ0n) is 18.0. The van der Waals surface area contributed by atoms with Gasteiger partial charge in [0.05, 0.1) is 18.5 Å². The Balaban J connectivity index is 2.07. The van der Waals surface area contributed by atoms with Crippen molar-refractivity contribution in [3.8, 4) is 5.75 Å². The SMILES string of the molecule is CC[C@H](C(=O)NCCOc1ccc(C)c(Cl)c1)N(c1ccc(C)c(C)c1)S(C)(=O)=O. The lowest BCUT2D eigenvalue weighted by Crippen LogP contribution is -2.50. The normalized spacial score (nSPS) is 12.3. The Morgan fingerprint density at radius 1 is 1.10 bits per heavy atom. The van der Waals surface area contributed by atoms with Gasteiger partial charge in [-0.15, -0.1) is 0 Å². The lowest BCUT2D eigenvalue weighted by Gasteiger charge is -2.30. The number of rotatable bonds is 9. The third-order valence-corrected chi connectivity index (χ3v) is 6.48. The van der Waals surface area contributed by atoms with Gasteiger partial charge >= 0.3 is 0 Å². The Bertz CT molecular complexity index is 1010. The van der Waals surface area contributed by atoms with Crippen molar-refractivity contribution in [2.24, 2.45) is 0 Å². The van der Waals surface area contributed by atoms with Crippen molar-refractivity contribution >= 4 is 33.2 Å². The fourth-order valence-corrected chi connectivity index (χ4v) is 4.42. The van der Waals surface area contributed by atoms with Crippen LogP contribution in [0.5, 0.6) is 5.75 Å². The van der Waals surface area contributed by atoms with Crippen LogP contribution in [0.1, 0.15) is 30.0 Å². The van der Waals surface area contributed by atoms with Crippen LogP contribution in [0.3, 0.4) is 0 Å². The van der Waals surface area contributed by atoms with Crippen LogP contribution in [0.4, 0.5) is 5.69 Å². The number of nitrogens with one attached hydrogen (secondary N) is 1. The van der Waals surface area contributed by atoms with E-state index in [-0.39, 0.29) is 19.1 Å². The molecule has 1 amide bonds. The van der Waals surface area contributed by atoms with Gasteiger partial charge in [0.15, 0.2) is 0 Å². The predicted octanol–water partition coefficient (Wildman–Crippen LogP) is 4.01. The minimum atomic E-state index is -3.66. The highest BCUT2D eigenvalue weighted by molar-refractivity contribution is 7.92. The van der Waals surface area contributed by atoms with Crippen molar-refractivity contribution in [1.82, 2.24) is 5.32 Å². The van der Waals surface area contributed by atoms with Gasteiger partial charge in [0, 0.05) is 5.02 Å². The van der Waals surface area contributed by atoms with Gasteiger partial charge in [-0.2, -0.15) is 0 Å². The van der Waals surface area contributed by atoms with E-state index in [0.29, 0.717) is 22.9 Å². The van der Waals surface area contributed by atoms with E-state index in [4.69, 9.17) is 16.3 Å². The molecule has 0 bridgehead atoms. The molecule has 2 rings (SSSR count). The maximum absolute atomic E-state index is 12.8. The van der Waals surface area contributed by atoms with Crippen molar-refractivity contribution in [2.75, 3.05) is 23.7 Å². The molecule has 0 aliphatic heterocycles. The number of anilines is 1. The number of carbonyl (C=O) groups excluding carboxylic acids is 1. The van der Waals surface area contributed by atoms with Crippen LogP contribution in [0.25, 0.3) is 0 Å².